The van der Waals surface area contributed by atoms with Gasteiger partial charge in [0, 0.05) is 23.5 Å². The third-order valence-corrected chi connectivity index (χ3v) is 6.06. The van der Waals surface area contributed by atoms with E-state index < -0.39 is 0 Å². The van der Waals surface area contributed by atoms with Crippen molar-refractivity contribution in [1.29, 1.82) is 0 Å². The molecule has 3 rings (SSSR count). The maximum atomic E-state index is 13.8. The average Bonchev–Trinajstić information content (AvgIpc) is 3.05. The van der Waals surface area contributed by atoms with Crippen LogP contribution in [0.3, 0.4) is 0 Å². The number of nitrogens with one attached hydrogen (secondary N) is 1. The van der Waals surface area contributed by atoms with E-state index in [1.807, 2.05) is 48.3 Å². The quantitative estimate of drug-likeness (QED) is 0.437. The Balaban J connectivity index is 2.12. The molecule has 1 aliphatic heterocycles. The highest BCUT2D eigenvalue weighted by atomic mass is 16.2. The van der Waals surface area contributed by atoms with E-state index in [1.165, 1.54) is 11.1 Å². The van der Waals surface area contributed by atoms with Crippen LogP contribution in [0.25, 0.3) is 6.08 Å². The van der Waals surface area contributed by atoms with Gasteiger partial charge in [-0.05, 0) is 68.0 Å². The number of hydrogen-bond acceptors (Lipinski definition) is 1. The minimum Gasteiger partial charge on any atom is -0.360 e. The standard InChI is InChI=1S/C28H32N2O/c1-7-12-23(13-8-2)27-26-25(20(5)21(6)29-26)16-17-30(27)28(31)22(9-3)18-24-15-11-10-14-19(24)4/h7-15,18,27,29H,1,3,16-17H2,2,4-6H3/b13-8-,22-18+,23-12+. The summed E-state index contributed by atoms with van der Waals surface area (Å²) in [5, 5.41) is 0. The zero-order valence-corrected chi connectivity index (χ0v) is 19.0. The van der Waals surface area contributed by atoms with Gasteiger partial charge < -0.3 is 9.88 Å². The number of aryl methyl sites for hydroxylation is 2. The molecule has 0 saturated carbocycles. The topological polar surface area (TPSA) is 36.1 Å². The van der Waals surface area contributed by atoms with E-state index in [4.69, 9.17) is 0 Å². The monoisotopic (exact) mass is 412 g/mol. The third-order valence-electron chi connectivity index (χ3n) is 6.06. The highest BCUT2D eigenvalue weighted by Gasteiger charge is 2.35. The van der Waals surface area contributed by atoms with Crippen LogP contribution in [-0.4, -0.2) is 22.3 Å². The van der Waals surface area contributed by atoms with Gasteiger partial charge in [-0.1, -0.05) is 67.8 Å². The van der Waals surface area contributed by atoms with Crippen LogP contribution in [-0.2, 0) is 11.2 Å². The molecule has 1 amide bonds. The van der Waals surface area contributed by atoms with Crippen molar-refractivity contribution in [3.63, 3.8) is 0 Å². The summed E-state index contributed by atoms with van der Waals surface area (Å²) in [7, 11) is 0. The smallest absolute Gasteiger partial charge is 0.254 e. The molecule has 1 N–H and O–H groups in total. The number of amides is 1. The molecule has 3 nitrogen and oxygen atoms in total. The largest absolute Gasteiger partial charge is 0.360 e. The molecule has 0 spiro atoms. The first-order valence-electron chi connectivity index (χ1n) is 10.8. The van der Waals surface area contributed by atoms with Crippen molar-refractivity contribution in [2.75, 3.05) is 6.54 Å². The summed E-state index contributed by atoms with van der Waals surface area (Å²) in [5.41, 5.74) is 8.64. The summed E-state index contributed by atoms with van der Waals surface area (Å²) in [6.45, 7) is 16.8. The molecular weight excluding hydrogens is 380 g/mol. The Kier molecular flexibility index (Phi) is 6.96. The van der Waals surface area contributed by atoms with Gasteiger partial charge >= 0.3 is 0 Å². The first-order chi connectivity index (χ1) is 14.9. The minimum absolute atomic E-state index is 0.0155. The molecule has 1 aromatic carbocycles. The molecule has 1 unspecified atom stereocenters. The van der Waals surface area contributed by atoms with E-state index in [9.17, 15) is 4.79 Å². The lowest BCUT2D eigenvalue weighted by atomic mass is 9.90. The predicted octanol–water partition coefficient (Wildman–Crippen LogP) is 6.32. The molecular formula is C28H32N2O. The molecule has 1 aliphatic rings. The summed E-state index contributed by atoms with van der Waals surface area (Å²) in [4.78, 5) is 19.3. The van der Waals surface area contributed by atoms with Crippen LogP contribution in [0.2, 0.25) is 0 Å². The van der Waals surface area contributed by atoms with Crippen molar-refractivity contribution in [3.8, 4) is 0 Å². The van der Waals surface area contributed by atoms with Gasteiger partial charge in [-0.3, -0.25) is 4.79 Å². The van der Waals surface area contributed by atoms with Crippen LogP contribution in [0.4, 0.5) is 0 Å². The maximum Gasteiger partial charge on any atom is 0.254 e. The third kappa shape index (κ3) is 4.41. The molecule has 1 aromatic heterocycles. The Labute approximate surface area is 186 Å². The van der Waals surface area contributed by atoms with E-state index in [0.29, 0.717) is 12.1 Å². The molecule has 31 heavy (non-hydrogen) atoms. The minimum atomic E-state index is -0.196. The zero-order valence-electron chi connectivity index (χ0n) is 19.0. The van der Waals surface area contributed by atoms with Gasteiger partial charge in [-0.15, -0.1) is 0 Å². The Morgan fingerprint density at radius 1 is 1.19 bits per heavy atom. The van der Waals surface area contributed by atoms with Crippen molar-refractivity contribution in [2.24, 2.45) is 0 Å². The number of rotatable bonds is 6. The lowest BCUT2D eigenvalue weighted by Gasteiger charge is -2.37. The second-order valence-electron chi connectivity index (χ2n) is 7.98. The van der Waals surface area contributed by atoms with E-state index in [2.05, 4.69) is 51.1 Å². The van der Waals surface area contributed by atoms with Gasteiger partial charge in [0.1, 0.15) is 0 Å². The molecule has 2 heterocycles. The van der Waals surface area contributed by atoms with E-state index >= 15 is 0 Å². The number of carbonyl (C=O) groups excluding carboxylic acids is 1. The number of hydrogen-bond donors (Lipinski definition) is 1. The fourth-order valence-electron chi connectivity index (χ4n) is 4.29. The van der Waals surface area contributed by atoms with Crippen LogP contribution in [0.15, 0.2) is 78.9 Å². The number of H-pyrrole nitrogens is 1. The Bertz CT molecular complexity index is 1090. The number of allylic oxidation sites excluding steroid dienone is 3. The molecule has 0 aliphatic carbocycles. The first-order valence-corrected chi connectivity index (χ1v) is 10.8. The van der Waals surface area contributed by atoms with Crippen molar-refractivity contribution >= 4 is 12.0 Å². The maximum absolute atomic E-state index is 13.8. The average molecular weight is 413 g/mol. The summed E-state index contributed by atoms with van der Waals surface area (Å²) in [6, 6.07) is 7.87. The first kappa shape index (κ1) is 22.4. The summed E-state index contributed by atoms with van der Waals surface area (Å²) in [6.07, 6.45) is 12.3. The van der Waals surface area contributed by atoms with Crippen LogP contribution >= 0.6 is 0 Å². The van der Waals surface area contributed by atoms with E-state index in [0.717, 1.165) is 34.5 Å². The summed E-state index contributed by atoms with van der Waals surface area (Å²) < 4.78 is 0. The van der Waals surface area contributed by atoms with Crippen LogP contribution in [0.1, 0.15) is 46.6 Å². The number of aromatic amines is 1. The molecule has 2 aromatic rings. The second-order valence-corrected chi connectivity index (χ2v) is 7.98. The predicted molar refractivity (Wildman–Crippen MR) is 131 cm³/mol. The molecule has 0 bridgehead atoms. The fourth-order valence-corrected chi connectivity index (χ4v) is 4.29. The summed E-state index contributed by atoms with van der Waals surface area (Å²) in [5.74, 6) is -0.0155. The fraction of sp³-hybridized carbons (Fsp3) is 0.250. The molecule has 3 heteroatoms. The van der Waals surface area contributed by atoms with Crippen molar-refractivity contribution in [3.05, 3.63) is 113 Å². The van der Waals surface area contributed by atoms with E-state index in [1.54, 1.807) is 12.2 Å². The summed E-state index contributed by atoms with van der Waals surface area (Å²) >= 11 is 0. The van der Waals surface area contributed by atoms with Gasteiger partial charge in [0.15, 0.2) is 0 Å². The lowest BCUT2D eigenvalue weighted by Crippen LogP contribution is -2.41. The molecule has 0 fully saturated rings. The van der Waals surface area contributed by atoms with Gasteiger partial charge in [0.2, 0.25) is 0 Å². The number of carbonyl (C=O) groups is 1. The molecule has 160 valence electrons. The van der Waals surface area contributed by atoms with Gasteiger partial charge in [0.05, 0.1) is 6.04 Å². The Morgan fingerprint density at radius 3 is 2.58 bits per heavy atom. The van der Waals surface area contributed by atoms with Crippen LogP contribution in [0, 0.1) is 20.8 Å². The number of benzene rings is 1. The van der Waals surface area contributed by atoms with Crippen molar-refractivity contribution in [2.45, 2.75) is 40.2 Å². The molecule has 1 atom stereocenters. The number of aromatic nitrogens is 1. The highest BCUT2D eigenvalue weighted by Crippen LogP contribution is 2.38. The highest BCUT2D eigenvalue weighted by molar-refractivity contribution is 6.01. The normalized spacial score (nSPS) is 17.0. The Morgan fingerprint density at radius 2 is 1.94 bits per heavy atom. The molecule has 0 saturated heterocycles. The number of fused-ring (bicyclic) bond motifs is 1. The Hall–Kier alpha value is -3.33. The van der Waals surface area contributed by atoms with Crippen LogP contribution < -0.4 is 0 Å². The molecule has 0 radical (unpaired) electrons. The SMILES string of the molecule is C=C/C=C(\C=C/C)C1c2[nH]c(C)c(C)c2CCN1C(=O)/C(C=C)=C/c1ccccc1C. The van der Waals surface area contributed by atoms with Gasteiger partial charge in [-0.2, -0.15) is 0 Å². The van der Waals surface area contributed by atoms with Crippen molar-refractivity contribution in [1.82, 2.24) is 9.88 Å². The van der Waals surface area contributed by atoms with Crippen molar-refractivity contribution < 1.29 is 4.79 Å². The van der Waals surface area contributed by atoms with Crippen LogP contribution in [0.5, 0.6) is 0 Å². The zero-order chi connectivity index (χ0) is 22.5. The van der Waals surface area contributed by atoms with E-state index in [-0.39, 0.29) is 11.9 Å². The lowest BCUT2D eigenvalue weighted by molar-refractivity contribution is -0.128. The van der Waals surface area contributed by atoms with Gasteiger partial charge in [-0.25, -0.2) is 0 Å². The van der Waals surface area contributed by atoms with Gasteiger partial charge in [0.25, 0.3) is 5.91 Å². The second kappa shape index (κ2) is 9.65. The number of nitrogens with zero attached hydrogens (tertiary/aromatic N) is 1.